The molecule has 1 aliphatic rings. The Hall–Kier alpha value is -3.27. The van der Waals surface area contributed by atoms with E-state index >= 15 is 0 Å². The van der Waals surface area contributed by atoms with E-state index in [0.29, 0.717) is 31.2 Å². The lowest BCUT2D eigenvalue weighted by Crippen LogP contribution is -2.41. The normalized spacial score (nSPS) is 17.1. The van der Waals surface area contributed by atoms with E-state index in [4.69, 9.17) is 4.74 Å². The summed E-state index contributed by atoms with van der Waals surface area (Å²) in [6, 6.07) is 7.31. The number of nitrogens with one attached hydrogen (secondary N) is 2. The number of carbonyl (C=O) groups is 2. The Kier molecular flexibility index (Phi) is 6.46. The lowest BCUT2D eigenvalue weighted by Gasteiger charge is -2.22. The number of fused-ring (bicyclic) bond motifs is 1. The fourth-order valence-electron chi connectivity index (χ4n) is 3.66. The molecule has 1 saturated heterocycles. The van der Waals surface area contributed by atoms with Gasteiger partial charge in [0, 0.05) is 19.3 Å². The highest BCUT2D eigenvalue weighted by Gasteiger charge is 2.31. The number of nitrogens with zero attached hydrogens (tertiary/aromatic N) is 4. The van der Waals surface area contributed by atoms with Crippen molar-refractivity contribution in [2.75, 3.05) is 18.4 Å². The van der Waals surface area contributed by atoms with E-state index in [1.807, 2.05) is 57.3 Å². The van der Waals surface area contributed by atoms with Crippen molar-refractivity contribution in [3.63, 3.8) is 0 Å². The van der Waals surface area contributed by atoms with Gasteiger partial charge in [0.25, 0.3) is 5.91 Å². The van der Waals surface area contributed by atoms with Crippen molar-refractivity contribution < 1.29 is 14.3 Å². The van der Waals surface area contributed by atoms with E-state index in [1.54, 1.807) is 11.1 Å². The minimum Gasteiger partial charge on any atom is -0.444 e. The summed E-state index contributed by atoms with van der Waals surface area (Å²) in [5, 5.41) is 8.01. The zero-order valence-electron chi connectivity index (χ0n) is 19.2. The number of rotatable bonds is 5. The molecule has 33 heavy (non-hydrogen) atoms. The second kappa shape index (κ2) is 9.30. The predicted octanol–water partition coefficient (Wildman–Crippen LogP) is 4.00. The Balaban J connectivity index is 1.49. The highest BCUT2D eigenvalue weighted by atomic mass is 32.1. The number of hydrogen-bond donors (Lipinski definition) is 2. The van der Waals surface area contributed by atoms with Gasteiger partial charge in [-0.3, -0.25) is 9.78 Å². The molecule has 0 aliphatic carbocycles. The van der Waals surface area contributed by atoms with E-state index in [2.05, 4.69) is 25.6 Å². The fraction of sp³-hybridized carbons (Fsp3) is 0.435. The third kappa shape index (κ3) is 5.57. The van der Waals surface area contributed by atoms with Gasteiger partial charge in [0.1, 0.15) is 5.60 Å². The Labute approximate surface area is 196 Å². The number of ether oxygens (including phenoxy) is 1. The number of hydrogen-bond acceptors (Lipinski definition) is 8. The predicted molar refractivity (Wildman–Crippen MR) is 127 cm³/mol. The third-order valence-electron chi connectivity index (χ3n) is 5.18. The first-order valence-electron chi connectivity index (χ1n) is 10.9. The summed E-state index contributed by atoms with van der Waals surface area (Å²) in [5.41, 5.74) is 1.37. The van der Waals surface area contributed by atoms with Crippen molar-refractivity contribution in [3.05, 3.63) is 47.2 Å². The SMILES string of the molecule is C[C@H](Nc1nc(C(=O)N2CC[C@H](NC(=O)OC(C)(C)C)C2)c2sccc2n1)c1ccccn1. The lowest BCUT2D eigenvalue weighted by atomic mass is 10.2. The van der Waals surface area contributed by atoms with E-state index in [9.17, 15) is 9.59 Å². The summed E-state index contributed by atoms with van der Waals surface area (Å²) < 4.78 is 6.08. The number of alkyl carbamates (subject to hydrolysis) is 1. The van der Waals surface area contributed by atoms with Crippen LogP contribution in [0.4, 0.5) is 10.7 Å². The minimum atomic E-state index is -0.570. The number of aromatic nitrogens is 3. The Morgan fingerprint density at radius 2 is 2.06 bits per heavy atom. The molecule has 3 aromatic rings. The monoisotopic (exact) mass is 468 g/mol. The first kappa shape index (κ1) is 22.9. The van der Waals surface area contributed by atoms with Crippen LogP contribution >= 0.6 is 11.3 Å². The molecule has 4 heterocycles. The number of anilines is 1. The van der Waals surface area contributed by atoms with Gasteiger partial charge in [0.15, 0.2) is 5.69 Å². The number of likely N-dealkylation sites (tertiary alicyclic amines) is 1. The van der Waals surface area contributed by atoms with E-state index < -0.39 is 11.7 Å². The van der Waals surface area contributed by atoms with Crippen molar-refractivity contribution in [2.45, 2.75) is 51.8 Å². The van der Waals surface area contributed by atoms with Crippen molar-refractivity contribution in [1.29, 1.82) is 0 Å². The molecule has 1 fully saturated rings. The maximum absolute atomic E-state index is 13.4. The zero-order chi connectivity index (χ0) is 23.6. The molecule has 1 aliphatic heterocycles. The summed E-state index contributed by atoms with van der Waals surface area (Å²) in [6.07, 6.45) is 1.92. The van der Waals surface area contributed by atoms with Crippen LogP contribution < -0.4 is 10.6 Å². The molecule has 0 saturated carbocycles. The summed E-state index contributed by atoms with van der Waals surface area (Å²) in [4.78, 5) is 40.7. The number of pyridine rings is 1. The van der Waals surface area contributed by atoms with Gasteiger partial charge >= 0.3 is 6.09 Å². The summed E-state index contributed by atoms with van der Waals surface area (Å²) in [7, 11) is 0. The molecule has 9 nitrogen and oxygen atoms in total. The van der Waals surface area contributed by atoms with Gasteiger partial charge in [0.05, 0.1) is 28.0 Å². The standard InChI is InChI=1S/C23H28N6O3S/c1-14(16-7-5-6-10-24-16)25-21-27-17-9-12-33-19(17)18(28-21)20(30)29-11-8-15(13-29)26-22(31)32-23(2,3)4/h5-7,9-10,12,14-15H,8,11,13H2,1-4H3,(H,26,31)(H,25,27,28)/t14-,15-/m0/s1. The second-order valence-corrected chi connectivity index (χ2v) is 9.95. The Morgan fingerprint density at radius 3 is 2.79 bits per heavy atom. The van der Waals surface area contributed by atoms with Crippen LogP contribution in [-0.4, -0.2) is 56.6 Å². The fourth-order valence-corrected chi connectivity index (χ4v) is 4.47. The van der Waals surface area contributed by atoms with Crippen LogP contribution in [0.15, 0.2) is 35.8 Å². The number of amides is 2. The van der Waals surface area contributed by atoms with Crippen LogP contribution in [0.1, 0.15) is 56.3 Å². The average molecular weight is 469 g/mol. The molecule has 3 aromatic heterocycles. The average Bonchev–Trinajstić information content (AvgIpc) is 3.41. The Morgan fingerprint density at radius 1 is 1.24 bits per heavy atom. The number of thiophene rings is 1. The third-order valence-corrected chi connectivity index (χ3v) is 6.09. The molecule has 10 heteroatoms. The lowest BCUT2D eigenvalue weighted by molar-refractivity contribution is 0.0502. The van der Waals surface area contributed by atoms with Crippen LogP contribution in [0.25, 0.3) is 10.2 Å². The van der Waals surface area contributed by atoms with E-state index in [-0.39, 0.29) is 18.0 Å². The quantitative estimate of drug-likeness (QED) is 0.582. The van der Waals surface area contributed by atoms with Crippen LogP contribution in [-0.2, 0) is 4.74 Å². The maximum Gasteiger partial charge on any atom is 0.407 e. The smallest absolute Gasteiger partial charge is 0.407 e. The molecule has 174 valence electrons. The molecule has 0 radical (unpaired) electrons. The molecule has 0 aromatic carbocycles. The van der Waals surface area contributed by atoms with Crippen molar-refractivity contribution in [3.8, 4) is 0 Å². The molecule has 2 N–H and O–H groups in total. The number of carbonyl (C=O) groups excluding carboxylic acids is 2. The van der Waals surface area contributed by atoms with Gasteiger partial charge in [0.2, 0.25) is 5.95 Å². The molecule has 2 atom stereocenters. The van der Waals surface area contributed by atoms with Crippen molar-refractivity contribution in [1.82, 2.24) is 25.2 Å². The molecule has 0 bridgehead atoms. The molecule has 0 spiro atoms. The summed E-state index contributed by atoms with van der Waals surface area (Å²) >= 11 is 1.44. The molecule has 4 rings (SSSR count). The summed E-state index contributed by atoms with van der Waals surface area (Å²) in [6.45, 7) is 8.36. The van der Waals surface area contributed by atoms with Gasteiger partial charge in [-0.15, -0.1) is 11.3 Å². The van der Waals surface area contributed by atoms with Gasteiger partial charge < -0.3 is 20.3 Å². The van der Waals surface area contributed by atoms with Crippen LogP contribution in [0.5, 0.6) is 0 Å². The summed E-state index contributed by atoms with van der Waals surface area (Å²) in [5.74, 6) is 0.205. The maximum atomic E-state index is 13.4. The molecular weight excluding hydrogens is 440 g/mol. The van der Waals surface area contributed by atoms with Crippen LogP contribution in [0.3, 0.4) is 0 Å². The van der Waals surface area contributed by atoms with Gasteiger partial charge in [-0.1, -0.05) is 6.07 Å². The molecule has 0 unspecified atom stereocenters. The van der Waals surface area contributed by atoms with Crippen molar-refractivity contribution >= 4 is 39.5 Å². The van der Waals surface area contributed by atoms with Gasteiger partial charge in [-0.05, 0) is 57.7 Å². The Bertz CT molecular complexity index is 1140. The first-order valence-corrected chi connectivity index (χ1v) is 11.8. The molecular formula is C23H28N6O3S. The largest absolute Gasteiger partial charge is 0.444 e. The van der Waals surface area contributed by atoms with E-state index in [0.717, 1.165) is 15.9 Å². The van der Waals surface area contributed by atoms with Crippen LogP contribution in [0, 0.1) is 0 Å². The highest BCUT2D eigenvalue weighted by molar-refractivity contribution is 7.17. The van der Waals surface area contributed by atoms with Gasteiger partial charge in [-0.2, -0.15) is 0 Å². The topological polar surface area (TPSA) is 109 Å². The second-order valence-electron chi connectivity index (χ2n) is 9.03. The molecule has 2 amide bonds. The van der Waals surface area contributed by atoms with Crippen LogP contribution in [0.2, 0.25) is 0 Å². The minimum absolute atomic E-state index is 0.126. The van der Waals surface area contributed by atoms with E-state index in [1.165, 1.54) is 11.3 Å². The zero-order valence-corrected chi connectivity index (χ0v) is 20.0. The first-order chi connectivity index (χ1) is 15.7. The van der Waals surface area contributed by atoms with Crippen molar-refractivity contribution in [2.24, 2.45) is 0 Å². The van der Waals surface area contributed by atoms with Gasteiger partial charge in [-0.25, -0.2) is 14.8 Å². The highest BCUT2D eigenvalue weighted by Crippen LogP contribution is 2.27.